The third-order valence-electron chi connectivity index (χ3n) is 4.55. The first-order valence-corrected chi connectivity index (χ1v) is 8.68. The van der Waals surface area contributed by atoms with Crippen molar-refractivity contribution in [3.63, 3.8) is 0 Å². The second kappa shape index (κ2) is 8.08. The molecule has 1 aromatic carbocycles. The minimum absolute atomic E-state index is 0.0294. The Bertz CT molecular complexity index is 535. The third kappa shape index (κ3) is 5.56. The molecule has 2 unspecified atom stereocenters. The van der Waals surface area contributed by atoms with Crippen molar-refractivity contribution in [1.29, 1.82) is 0 Å². The quantitative estimate of drug-likeness (QED) is 0.868. The Morgan fingerprint density at radius 1 is 1.25 bits per heavy atom. The average molecular weight is 336 g/mol. The van der Waals surface area contributed by atoms with E-state index in [0.717, 1.165) is 18.7 Å². The molecule has 0 aliphatic carbocycles. The first kappa shape index (κ1) is 18.9. The lowest BCUT2D eigenvalue weighted by Gasteiger charge is -2.45. The number of carbonyl (C=O) groups excluding carboxylic acids is 1. The Balaban J connectivity index is 1.78. The predicted octanol–water partition coefficient (Wildman–Crippen LogP) is 2.76. The number of amides is 1. The fraction of sp³-hybridized carbons (Fsp3) is 0.632. The Kier molecular flexibility index (Phi) is 6.35. The SMILES string of the molecule is CC1CN(C(C)(C)CNC(=O)CCc2ccc(F)cc2)CC(C)O1. The second-order valence-electron chi connectivity index (χ2n) is 7.38. The topological polar surface area (TPSA) is 41.6 Å². The first-order chi connectivity index (χ1) is 11.3. The largest absolute Gasteiger partial charge is 0.373 e. The zero-order valence-electron chi connectivity index (χ0n) is 15.1. The first-order valence-electron chi connectivity index (χ1n) is 8.68. The molecule has 4 nitrogen and oxygen atoms in total. The summed E-state index contributed by atoms with van der Waals surface area (Å²) in [7, 11) is 0. The van der Waals surface area contributed by atoms with Crippen LogP contribution in [0.4, 0.5) is 4.39 Å². The van der Waals surface area contributed by atoms with Crippen LogP contribution < -0.4 is 5.32 Å². The standard InChI is InChI=1S/C19H29FN2O2/c1-14-11-22(12-15(2)24-14)19(3,4)13-21-18(23)10-7-16-5-8-17(20)9-6-16/h5-6,8-9,14-15H,7,10-13H2,1-4H3,(H,21,23). The van der Waals surface area contributed by atoms with Gasteiger partial charge in [0.25, 0.3) is 0 Å². The number of ether oxygens (including phenoxy) is 1. The molecule has 1 aliphatic rings. The van der Waals surface area contributed by atoms with E-state index in [1.54, 1.807) is 12.1 Å². The molecule has 1 saturated heterocycles. The number of benzene rings is 1. The monoisotopic (exact) mass is 336 g/mol. The molecule has 134 valence electrons. The van der Waals surface area contributed by atoms with E-state index < -0.39 is 0 Å². The summed E-state index contributed by atoms with van der Waals surface area (Å²) >= 11 is 0. The number of aryl methyl sites for hydroxylation is 1. The number of hydrogen-bond donors (Lipinski definition) is 1. The van der Waals surface area contributed by atoms with Crippen LogP contribution in [-0.2, 0) is 16.0 Å². The van der Waals surface area contributed by atoms with Gasteiger partial charge in [0.05, 0.1) is 12.2 Å². The summed E-state index contributed by atoms with van der Waals surface area (Å²) in [6.45, 7) is 10.8. The smallest absolute Gasteiger partial charge is 0.220 e. The van der Waals surface area contributed by atoms with Crippen molar-refractivity contribution in [1.82, 2.24) is 10.2 Å². The van der Waals surface area contributed by atoms with Gasteiger partial charge in [-0.2, -0.15) is 0 Å². The molecule has 1 aromatic rings. The van der Waals surface area contributed by atoms with E-state index >= 15 is 0 Å². The van der Waals surface area contributed by atoms with Gasteiger partial charge in [0.1, 0.15) is 5.82 Å². The van der Waals surface area contributed by atoms with Gasteiger partial charge < -0.3 is 10.1 Å². The number of nitrogens with one attached hydrogen (secondary N) is 1. The molecule has 1 heterocycles. The summed E-state index contributed by atoms with van der Waals surface area (Å²) in [6, 6.07) is 6.31. The zero-order chi connectivity index (χ0) is 17.7. The highest BCUT2D eigenvalue weighted by molar-refractivity contribution is 5.76. The molecule has 1 N–H and O–H groups in total. The summed E-state index contributed by atoms with van der Waals surface area (Å²) in [6.07, 6.45) is 1.46. The van der Waals surface area contributed by atoms with E-state index in [2.05, 4.69) is 37.9 Å². The van der Waals surface area contributed by atoms with Crippen LogP contribution in [0.25, 0.3) is 0 Å². The lowest BCUT2D eigenvalue weighted by molar-refractivity contribution is -0.122. The van der Waals surface area contributed by atoms with Crippen LogP contribution in [0.1, 0.15) is 39.7 Å². The number of nitrogens with zero attached hydrogens (tertiary/aromatic N) is 1. The molecule has 2 rings (SSSR count). The van der Waals surface area contributed by atoms with Crippen molar-refractivity contribution in [2.24, 2.45) is 0 Å². The lowest BCUT2D eigenvalue weighted by Crippen LogP contribution is -2.58. The van der Waals surface area contributed by atoms with E-state index in [1.165, 1.54) is 12.1 Å². The van der Waals surface area contributed by atoms with E-state index in [4.69, 9.17) is 4.74 Å². The zero-order valence-corrected chi connectivity index (χ0v) is 15.1. The van der Waals surface area contributed by atoms with Crippen molar-refractivity contribution in [2.45, 2.75) is 58.3 Å². The molecule has 1 amide bonds. The van der Waals surface area contributed by atoms with E-state index in [1.807, 2.05) is 0 Å². The lowest BCUT2D eigenvalue weighted by atomic mass is 10.00. The van der Waals surface area contributed by atoms with Crippen LogP contribution in [0, 0.1) is 5.82 Å². The Morgan fingerprint density at radius 2 is 1.83 bits per heavy atom. The van der Waals surface area contributed by atoms with Crippen LogP contribution in [0.15, 0.2) is 24.3 Å². The molecular weight excluding hydrogens is 307 g/mol. The van der Waals surface area contributed by atoms with Crippen molar-refractivity contribution >= 4 is 5.91 Å². The molecule has 24 heavy (non-hydrogen) atoms. The highest BCUT2D eigenvalue weighted by Crippen LogP contribution is 2.20. The van der Waals surface area contributed by atoms with Crippen LogP contribution in [0.2, 0.25) is 0 Å². The molecule has 1 aliphatic heterocycles. The third-order valence-corrected chi connectivity index (χ3v) is 4.55. The van der Waals surface area contributed by atoms with Gasteiger partial charge in [0.15, 0.2) is 0 Å². The molecule has 1 fully saturated rings. The molecule has 5 heteroatoms. The van der Waals surface area contributed by atoms with E-state index in [9.17, 15) is 9.18 Å². The number of halogens is 1. The second-order valence-corrected chi connectivity index (χ2v) is 7.38. The van der Waals surface area contributed by atoms with Gasteiger partial charge in [-0.05, 0) is 51.8 Å². The van der Waals surface area contributed by atoms with Crippen molar-refractivity contribution in [3.05, 3.63) is 35.6 Å². The molecule has 2 atom stereocenters. The number of rotatable bonds is 6. The normalized spacial score (nSPS) is 22.4. The summed E-state index contributed by atoms with van der Waals surface area (Å²) in [5.41, 5.74) is 0.860. The van der Waals surface area contributed by atoms with Gasteiger partial charge in [0, 0.05) is 31.6 Å². The molecule has 0 spiro atoms. The summed E-state index contributed by atoms with van der Waals surface area (Å²) in [4.78, 5) is 14.5. The number of morpholine rings is 1. The van der Waals surface area contributed by atoms with E-state index in [-0.39, 0.29) is 29.5 Å². The van der Waals surface area contributed by atoms with Crippen LogP contribution >= 0.6 is 0 Å². The highest BCUT2D eigenvalue weighted by atomic mass is 19.1. The van der Waals surface area contributed by atoms with Crippen molar-refractivity contribution < 1.29 is 13.9 Å². The molecule has 0 bridgehead atoms. The average Bonchev–Trinajstić information content (AvgIpc) is 2.51. The van der Waals surface area contributed by atoms with E-state index in [0.29, 0.717) is 19.4 Å². The molecule has 0 radical (unpaired) electrons. The minimum Gasteiger partial charge on any atom is -0.373 e. The number of carbonyl (C=O) groups is 1. The fourth-order valence-corrected chi connectivity index (χ4v) is 3.10. The predicted molar refractivity (Wildman–Crippen MR) is 93.4 cm³/mol. The van der Waals surface area contributed by atoms with Crippen LogP contribution in [0.5, 0.6) is 0 Å². The minimum atomic E-state index is -0.251. The Hall–Kier alpha value is -1.46. The Labute approximate surface area is 144 Å². The van der Waals surface area contributed by atoms with Crippen LogP contribution in [-0.4, -0.2) is 48.2 Å². The van der Waals surface area contributed by atoms with Gasteiger partial charge in [-0.15, -0.1) is 0 Å². The Morgan fingerprint density at radius 3 is 2.42 bits per heavy atom. The molecule has 0 aromatic heterocycles. The summed E-state index contributed by atoms with van der Waals surface area (Å²) in [5.74, 6) is -0.222. The maximum absolute atomic E-state index is 12.9. The summed E-state index contributed by atoms with van der Waals surface area (Å²) in [5, 5.41) is 3.04. The van der Waals surface area contributed by atoms with Gasteiger partial charge in [-0.1, -0.05) is 12.1 Å². The van der Waals surface area contributed by atoms with Gasteiger partial charge in [0.2, 0.25) is 5.91 Å². The van der Waals surface area contributed by atoms with Crippen molar-refractivity contribution in [3.8, 4) is 0 Å². The molecular formula is C19H29FN2O2. The number of hydrogen-bond acceptors (Lipinski definition) is 3. The fourth-order valence-electron chi connectivity index (χ4n) is 3.10. The maximum atomic E-state index is 12.9. The highest BCUT2D eigenvalue weighted by Gasteiger charge is 2.33. The van der Waals surface area contributed by atoms with Gasteiger partial charge in [-0.3, -0.25) is 9.69 Å². The van der Waals surface area contributed by atoms with Gasteiger partial charge >= 0.3 is 0 Å². The summed E-state index contributed by atoms with van der Waals surface area (Å²) < 4.78 is 18.7. The van der Waals surface area contributed by atoms with Crippen molar-refractivity contribution in [2.75, 3.05) is 19.6 Å². The maximum Gasteiger partial charge on any atom is 0.220 e. The van der Waals surface area contributed by atoms with Gasteiger partial charge in [-0.25, -0.2) is 4.39 Å². The van der Waals surface area contributed by atoms with Crippen LogP contribution in [0.3, 0.4) is 0 Å². The molecule has 0 saturated carbocycles.